The van der Waals surface area contributed by atoms with Gasteiger partial charge in [0.15, 0.2) is 0 Å². The van der Waals surface area contributed by atoms with Crippen LogP contribution in [0, 0.1) is 19.8 Å². The zero-order valence-electron chi connectivity index (χ0n) is 12.3. The third-order valence-corrected chi connectivity index (χ3v) is 5.22. The first-order valence-corrected chi connectivity index (χ1v) is 8.07. The minimum absolute atomic E-state index is 0.0793. The number of nitrogens with two attached hydrogens (primary N) is 1. The van der Waals surface area contributed by atoms with Crippen LogP contribution < -0.4 is 10.5 Å². The Hall–Kier alpha value is -1.07. The molecule has 0 heterocycles. The molecule has 0 saturated carbocycles. The molecule has 5 heteroatoms. The highest BCUT2D eigenvalue weighted by molar-refractivity contribution is 7.89. The molecule has 1 rings (SSSR count). The summed E-state index contributed by atoms with van der Waals surface area (Å²) in [5.41, 5.74) is 7.79. The summed E-state index contributed by atoms with van der Waals surface area (Å²) in [6.07, 6.45) is 0.752. The van der Waals surface area contributed by atoms with Gasteiger partial charge in [0.1, 0.15) is 4.90 Å². The van der Waals surface area contributed by atoms with Gasteiger partial charge in [0, 0.05) is 6.04 Å². The fourth-order valence-corrected chi connectivity index (χ4v) is 4.01. The predicted molar refractivity (Wildman–Crippen MR) is 79.6 cm³/mol. The summed E-state index contributed by atoms with van der Waals surface area (Å²) in [5.74, 6) is 0.242. The summed E-state index contributed by atoms with van der Waals surface area (Å²) in [4.78, 5) is 0.214. The Kier molecular flexibility index (Phi) is 4.98. The Labute approximate surface area is 116 Å². The second kappa shape index (κ2) is 5.92. The first-order valence-electron chi connectivity index (χ1n) is 6.58. The average molecular weight is 284 g/mol. The number of aryl methyl sites for hydroxylation is 1. The van der Waals surface area contributed by atoms with Gasteiger partial charge in [-0.1, -0.05) is 26.8 Å². The van der Waals surface area contributed by atoms with Crippen molar-refractivity contribution in [1.29, 1.82) is 0 Å². The molecule has 0 spiro atoms. The van der Waals surface area contributed by atoms with Gasteiger partial charge >= 0.3 is 0 Å². The summed E-state index contributed by atoms with van der Waals surface area (Å²) in [6, 6.07) is 3.40. The van der Waals surface area contributed by atoms with Crippen molar-refractivity contribution < 1.29 is 8.42 Å². The largest absolute Gasteiger partial charge is 0.398 e. The van der Waals surface area contributed by atoms with Crippen LogP contribution in [0.2, 0.25) is 0 Å². The molecule has 0 aliphatic carbocycles. The molecule has 0 radical (unpaired) electrons. The standard InChI is InChI=1S/C14H24N2O2S/c1-6-13(9(2)3)16-19(17,18)14-11(5)10(4)7-8-12(14)15/h7-9,13,16H,6,15H2,1-5H3. The molecule has 0 aromatic heterocycles. The van der Waals surface area contributed by atoms with Crippen molar-refractivity contribution in [2.75, 3.05) is 5.73 Å². The number of benzene rings is 1. The monoisotopic (exact) mass is 284 g/mol. The maximum atomic E-state index is 12.5. The average Bonchev–Trinajstić information content (AvgIpc) is 2.30. The Morgan fingerprint density at radius 1 is 1.26 bits per heavy atom. The van der Waals surface area contributed by atoms with E-state index in [1.165, 1.54) is 0 Å². The van der Waals surface area contributed by atoms with E-state index in [4.69, 9.17) is 5.73 Å². The minimum atomic E-state index is -3.58. The van der Waals surface area contributed by atoms with Gasteiger partial charge in [-0.2, -0.15) is 0 Å². The molecule has 19 heavy (non-hydrogen) atoms. The highest BCUT2D eigenvalue weighted by atomic mass is 32.2. The number of hydrogen-bond donors (Lipinski definition) is 2. The molecule has 108 valence electrons. The van der Waals surface area contributed by atoms with Gasteiger partial charge in [0.05, 0.1) is 5.69 Å². The molecule has 0 fully saturated rings. The maximum absolute atomic E-state index is 12.5. The van der Waals surface area contributed by atoms with Crippen LogP contribution >= 0.6 is 0 Å². The highest BCUT2D eigenvalue weighted by Crippen LogP contribution is 2.26. The SMILES string of the molecule is CCC(NS(=O)(=O)c1c(N)ccc(C)c1C)C(C)C. The lowest BCUT2D eigenvalue weighted by Gasteiger charge is -2.22. The fraction of sp³-hybridized carbons (Fsp3) is 0.571. The van der Waals surface area contributed by atoms with Crippen molar-refractivity contribution in [3.05, 3.63) is 23.3 Å². The van der Waals surface area contributed by atoms with Gasteiger partial charge in [-0.3, -0.25) is 0 Å². The van der Waals surface area contributed by atoms with Crippen LogP contribution in [0.3, 0.4) is 0 Å². The Morgan fingerprint density at radius 3 is 2.32 bits per heavy atom. The molecule has 0 bridgehead atoms. The predicted octanol–water partition coefficient (Wildman–Crippen LogP) is 2.60. The lowest BCUT2D eigenvalue weighted by atomic mass is 10.0. The molecule has 1 aromatic rings. The number of nitrogen functional groups attached to an aromatic ring is 1. The zero-order valence-corrected chi connectivity index (χ0v) is 13.1. The van der Waals surface area contributed by atoms with Crippen molar-refractivity contribution in [3.8, 4) is 0 Å². The molecular weight excluding hydrogens is 260 g/mol. The van der Waals surface area contributed by atoms with E-state index in [2.05, 4.69) is 4.72 Å². The molecule has 0 aliphatic heterocycles. The summed E-state index contributed by atoms with van der Waals surface area (Å²) >= 11 is 0. The van der Waals surface area contributed by atoms with E-state index in [0.717, 1.165) is 12.0 Å². The van der Waals surface area contributed by atoms with E-state index in [-0.39, 0.29) is 16.9 Å². The van der Waals surface area contributed by atoms with E-state index in [1.54, 1.807) is 13.0 Å². The van der Waals surface area contributed by atoms with E-state index < -0.39 is 10.0 Å². The van der Waals surface area contributed by atoms with E-state index in [0.29, 0.717) is 11.3 Å². The molecule has 1 aromatic carbocycles. The lowest BCUT2D eigenvalue weighted by molar-refractivity contribution is 0.437. The van der Waals surface area contributed by atoms with Crippen LogP contribution in [-0.4, -0.2) is 14.5 Å². The smallest absolute Gasteiger partial charge is 0.243 e. The highest BCUT2D eigenvalue weighted by Gasteiger charge is 2.25. The number of sulfonamides is 1. The van der Waals surface area contributed by atoms with Crippen molar-refractivity contribution in [3.63, 3.8) is 0 Å². The van der Waals surface area contributed by atoms with Gasteiger partial charge in [0.2, 0.25) is 10.0 Å². The molecule has 4 nitrogen and oxygen atoms in total. The molecule has 0 amide bonds. The fourth-order valence-electron chi connectivity index (χ4n) is 2.12. The first kappa shape index (κ1) is 16.0. The summed E-state index contributed by atoms with van der Waals surface area (Å²) in [5, 5.41) is 0. The van der Waals surface area contributed by atoms with Gasteiger partial charge in [-0.25, -0.2) is 13.1 Å². The summed E-state index contributed by atoms with van der Waals surface area (Å²) < 4.78 is 27.8. The van der Waals surface area contributed by atoms with Crippen LogP contribution in [-0.2, 0) is 10.0 Å². The summed E-state index contributed by atoms with van der Waals surface area (Å²) in [7, 11) is -3.58. The third-order valence-electron chi connectivity index (χ3n) is 3.53. The lowest BCUT2D eigenvalue weighted by Crippen LogP contribution is -2.38. The number of rotatable bonds is 5. The van der Waals surface area contributed by atoms with Crippen molar-refractivity contribution in [2.45, 2.75) is 52.0 Å². The topological polar surface area (TPSA) is 72.2 Å². The van der Waals surface area contributed by atoms with Crippen LogP contribution in [0.25, 0.3) is 0 Å². The number of nitrogens with one attached hydrogen (secondary N) is 1. The van der Waals surface area contributed by atoms with Gasteiger partial charge in [-0.15, -0.1) is 0 Å². The first-order chi connectivity index (χ1) is 8.70. The minimum Gasteiger partial charge on any atom is -0.398 e. The number of anilines is 1. The second-order valence-electron chi connectivity index (χ2n) is 5.31. The van der Waals surface area contributed by atoms with Gasteiger partial charge in [0.25, 0.3) is 0 Å². The van der Waals surface area contributed by atoms with Crippen molar-refractivity contribution in [2.24, 2.45) is 5.92 Å². The van der Waals surface area contributed by atoms with Gasteiger partial charge in [-0.05, 0) is 43.4 Å². The Morgan fingerprint density at radius 2 is 1.84 bits per heavy atom. The van der Waals surface area contributed by atoms with E-state index in [9.17, 15) is 8.42 Å². The van der Waals surface area contributed by atoms with Gasteiger partial charge < -0.3 is 5.73 Å². The van der Waals surface area contributed by atoms with Crippen LogP contribution in [0.15, 0.2) is 17.0 Å². The molecule has 0 aliphatic rings. The number of hydrogen-bond acceptors (Lipinski definition) is 3. The maximum Gasteiger partial charge on any atom is 0.243 e. The molecule has 3 N–H and O–H groups in total. The third kappa shape index (κ3) is 3.48. The molecule has 1 atom stereocenters. The second-order valence-corrected chi connectivity index (χ2v) is 6.96. The summed E-state index contributed by atoms with van der Waals surface area (Å²) in [6.45, 7) is 9.65. The van der Waals surface area contributed by atoms with Crippen LogP contribution in [0.4, 0.5) is 5.69 Å². The molecule has 1 unspecified atom stereocenters. The molecule has 0 saturated heterocycles. The van der Waals surface area contributed by atoms with Crippen LogP contribution in [0.1, 0.15) is 38.3 Å². The molecular formula is C14H24N2O2S. The van der Waals surface area contributed by atoms with E-state index in [1.807, 2.05) is 33.8 Å². The zero-order chi connectivity index (χ0) is 14.8. The van der Waals surface area contributed by atoms with Crippen molar-refractivity contribution >= 4 is 15.7 Å². The van der Waals surface area contributed by atoms with E-state index >= 15 is 0 Å². The Bertz CT molecular complexity index is 551. The normalized spacial score (nSPS) is 13.8. The van der Waals surface area contributed by atoms with Crippen molar-refractivity contribution in [1.82, 2.24) is 4.72 Å². The Balaban J connectivity index is 3.25. The van der Waals surface area contributed by atoms with Crippen LogP contribution in [0.5, 0.6) is 0 Å². The quantitative estimate of drug-likeness (QED) is 0.816.